The van der Waals surface area contributed by atoms with Crippen molar-refractivity contribution in [1.82, 2.24) is 0 Å². The Hall–Kier alpha value is -1.21. The largest absolute Gasteiger partial charge is 0.493 e. The summed E-state index contributed by atoms with van der Waals surface area (Å²) in [6.07, 6.45) is 0. The van der Waals surface area contributed by atoms with E-state index in [1.54, 1.807) is 19.2 Å². The quantitative estimate of drug-likeness (QED) is 0.834. The van der Waals surface area contributed by atoms with E-state index >= 15 is 0 Å². The lowest BCUT2D eigenvalue weighted by atomic mass is 10.2. The molecule has 0 atom stereocenters. The number of ether oxygens (including phenoxy) is 2. The number of halogens is 1. The molecule has 0 N–H and O–H groups in total. The van der Waals surface area contributed by atoms with Crippen molar-refractivity contribution in [1.29, 1.82) is 5.26 Å². The van der Waals surface area contributed by atoms with E-state index in [4.69, 9.17) is 14.7 Å². The molecule has 0 spiro atoms. The lowest BCUT2D eigenvalue weighted by molar-refractivity contribution is 0.309. The lowest BCUT2D eigenvalue weighted by Gasteiger charge is -2.11. The van der Waals surface area contributed by atoms with Gasteiger partial charge in [0.1, 0.15) is 6.07 Å². The first-order valence-electron chi connectivity index (χ1n) is 4.14. The van der Waals surface area contributed by atoms with Gasteiger partial charge in [-0.1, -0.05) is 0 Å². The smallest absolute Gasteiger partial charge is 0.176 e. The Morgan fingerprint density at radius 3 is 2.71 bits per heavy atom. The molecule has 1 rings (SSSR count). The predicted octanol–water partition coefficient (Wildman–Crippen LogP) is 2.73. The highest BCUT2D eigenvalue weighted by Crippen LogP contribution is 2.37. The summed E-state index contributed by atoms with van der Waals surface area (Å²) in [6, 6.07) is 5.47. The fourth-order valence-electron chi connectivity index (χ4n) is 1.06. The lowest BCUT2D eigenvalue weighted by Crippen LogP contribution is -1.97. The standard InChI is InChI=1S/C10H10BrNO2/c1-3-14-10-8(13-2)5-4-7(6-12)9(10)11/h4-5H,3H2,1-2H3. The van der Waals surface area contributed by atoms with E-state index in [-0.39, 0.29) is 0 Å². The second-order valence-corrected chi connectivity index (χ2v) is 3.30. The molecule has 0 bridgehead atoms. The number of hydrogen-bond acceptors (Lipinski definition) is 3. The monoisotopic (exact) mass is 255 g/mol. The van der Waals surface area contributed by atoms with Crippen molar-refractivity contribution in [3.05, 3.63) is 22.2 Å². The molecule has 4 heteroatoms. The average molecular weight is 256 g/mol. The summed E-state index contributed by atoms with van der Waals surface area (Å²) in [5.41, 5.74) is 0.536. The number of nitrogens with zero attached hydrogens (tertiary/aromatic N) is 1. The molecule has 0 aliphatic rings. The van der Waals surface area contributed by atoms with Crippen LogP contribution < -0.4 is 9.47 Å². The van der Waals surface area contributed by atoms with Gasteiger partial charge in [-0.3, -0.25) is 0 Å². The van der Waals surface area contributed by atoms with Crippen LogP contribution in [-0.4, -0.2) is 13.7 Å². The number of benzene rings is 1. The van der Waals surface area contributed by atoms with E-state index in [9.17, 15) is 0 Å². The van der Waals surface area contributed by atoms with E-state index in [0.717, 1.165) is 0 Å². The average Bonchev–Trinajstić information content (AvgIpc) is 2.21. The van der Waals surface area contributed by atoms with Crippen molar-refractivity contribution < 1.29 is 9.47 Å². The molecule has 0 aliphatic carbocycles. The van der Waals surface area contributed by atoms with Gasteiger partial charge in [-0.05, 0) is 35.0 Å². The summed E-state index contributed by atoms with van der Waals surface area (Å²) in [4.78, 5) is 0. The fourth-order valence-corrected chi connectivity index (χ4v) is 1.59. The van der Waals surface area contributed by atoms with Gasteiger partial charge >= 0.3 is 0 Å². The van der Waals surface area contributed by atoms with Gasteiger partial charge in [0.25, 0.3) is 0 Å². The van der Waals surface area contributed by atoms with Crippen LogP contribution in [0.15, 0.2) is 16.6 Å². The molecule has 1 aromatic rings. The Morgan fingerprint density at radius 1 is 1.50 bits per heavy atom. The first kappa shape index (κ1) is 10.9. The number of nitriles is 1. The Labute approximate surface area is 91.4 Å². The van der Waals surface area contributed by atoms with Gasteiger partial charge in [-0.15, -0.1) is 0 Å². The molecular weight excluding hydrogens is 246 g/mol. The highest BCUT2D eigenvalue weighted by Gasteiger charge is 2.12. The second kappa shape index (κ2) is 4.87. The van der Waals surface area contributed by atoms with Crippen LogP contribution in [0.2, 0.25) is 0 Å². The first-order chi connectivity index (χ1) is 6.74. The molecular formula is C10H10BrNO2. The molecule has 0 fully saturated rings. The maximum absolute atomic E-state index is 8.80. The summed E-state index contributed by atoms with van der Waals surface area (Å²) in [5.74, 6) is 1.20. The Kier molecular flexibility index (Phi) is 3.78. The van der Waals surface area contributed by atoms with Crippen molar-refractivity contribution >= 4 is 15.9 Å². The van der Waals surface area contributed by atoms with Crippen LogP contribution in [0, 0.1) is 11.3 Å². The first-order valence-corrected chi connectivity index (χ1v) is 4.93. The van der Waals surface area contributed by atoms with Gasteiger partial charge in [0.15, 0.2) is 11.5 Å². The summed E-state index contributed by atoms with van der Waals surface area (Å²) in [7, 11) is 1.57. The minimum atomic E-state index is 0.532. The SMILES string of the molecule is CCOc1c(OC)ccc(C#N)c1Br. The fraction of sp³-hybridized carbons (Fsp3) is 0.300. The summed E-state index contributed by atoms with van der Waals surface area (Å²) >= 11 is 3.31. The van der Waals surface area contributed by atoms with Gasteiger partial charge < -0.3 is 9.47 Å². The minimum absolute atomic E-state index is 0.532. The normalized spacial score (nSPS) is 9.29. The van der Waals surface area contributed by atoms with E-state index in [1.807, 2.05) is 6.92 Å². The van der Waals surface area contributed by atoms with E-state index in [0.29, 0.717) is 28.1 Å². The third-order valence-corrected chi connectivity index (χ3v) is 2.48. The molecule has 0 saturated carbocycles. The zero-order valence-electron chi connectivity index (χ0n) is 8.00. The van der Waals surface area contributed by atoms with Crippen molar-refractivity contribution in [2.45, 2.75) is 6.92 Å². The molecule has 0 saturated heterocycles. The summed E-state index contributed by atoms with van der Waals surface area (Å²) in [5, 5.41) is 8.80. The highest BCUT2D eigenvalue weighted by atomic mass is 79.9. The van der Waals surface area contributed by atoms with Crippen molar-refractivity contribution in [2.75, 3.05) is 13.7 Å². The third-order valence-electron chi connectivity index (χ3n) is 1.69. The molecule has 14 heavy (non-hydrogen) atoms. The Morgan fingerprint density at radius 2 is 2.21 bits per heavy atom. The molecule has 0 heterocycles. The molecule has 0 aromatic heterocycles. The van der Waals surface area contributed by atoms with Gasteiger partial charge in [-0.2, -0.15) is 5.26 Å². The van der Waals surface area contributed by atoms with Gasteiger partial charge in [0.2, 0.25) is 0 Å². The zero-order chi connectivity index (χ0) is 10.6. The molecule has 0 unspecified atom stereocenters. The van der Waals surface area contributed by atoms with E-state index in [1.165, 1.54) is 0 Å². The van der Waals surface area contributed by atoms with E-state index in [2.05, 4.69) is 22.0 Å². The molecule has 0 radical (unpaired) electrons. The Balaban J connectivity index is 3.25. The zero-order valence-corrected chi connectivity index (χ0v) is 9.59. The van der Waals surface area contributed by atoms with Gasteiger partial charge in [0.05, 0.1) is 23.8 Å². The number of methoxy groups -OCH3 is 1. The number of hydrogen-bond donors (Lipinski definition) is 0. The van der Waals surface area contributed by atoms with Crippen LogP contribution >= 0.6 is 15.9 Å². The molecule has 1 aromatic carbocycles. The predicted molar refractivity (Wildman–Crippen MR) is 56.6 cm³/mol. The van der Waals surface area contributed by atoms with Crippen LogP contribution in [0.1, 0.15) is 12.5 Å². The van der Waals surface area contributed by atoms with Crippen LogP contribution in [0.25, 0.3) is 0 Å². The molecule has 0 aliphatic heterocycles. The third kappa shape index (κ3) is 1.99. The number of rotatable bonds is 3. The summed E-state index contributed by atoms with van der Waals surface area (Å²) < 4.78 is 11.1. The molecule has 74 valence electrons. The highest BCUT2D eigenvalue weighted by molar-refractivity contribution is 9.10. The van der Waals surface area contributed by atoms with Crippen molar-refractivity contribution in [3.63, 3.8) is 0 Å². The second-order valence-electron chi connectivity index (χ2n) is 2.50. The van der Waals surface area contributed by atoms with Gasteiger partial charge in [0, 0.05) is 0 Å². The van der Waals surface area contributed by atoms with Crippen LogP contribution in [0.4, 0.5) is 0 Å². The van der Waals surface area contributed by atoms with Crippen LogP contribution in [-0.2, 0) is 0 Å². The minimum Gasteiger partial charge on any atom is -0.493 e. The van der Waals surface area contributed by atoms with Crippen molar-refractivity contribution in [2.24, 2.45) is 0 Å². The van der Waals surface area contributed by atoms with E-state index < -0.39 is 0 Å². The van der Waals surface area contributed by atoms with Crippen molar-refractivity contribution in [3.8, 4) is 17.6 Å². The molecule has 0 amide bonds. The summed E-state index contributed by atoms with van der Waals surface area (Å²) in [6.45, 7) is 2.41. The maximum atomic E-state index is 8.80. The molecule has 3 nitrogen and oxygen atoms in total. The topological polar surface area (TPSA) is 42.2 Å². The van der Waals surface area contributed by atoms with Crippen LogP contribution in [0.3, 0.4) is 0 Å². The van der Waals surface area contributed by atoms with Gasteiger partial charge in [-0.25, -0.2) is 0 Å². The maximum Gasteiger partial charge on any atom is 0.176 e. The Bertz CT molecular complexity index is 371. The van der Waals surface area contributed by atoms with Crippen LogP contribution in [0.5, 0.6) is 11.5 Å².